The Kier molecular flexibility index (Phi) is 6.32. The summed E-state index contributed by atoms with van der Waals surface area (Å²) in [4.78, 5) is 39.3. The second-order valence-corrected chi connectivity index (χ2v) is 10.3. The van der Waals surface area contributed by atoms with Gasteiger partial charge in [0.25, 0.3) is 11.1 Å². The minimum Gasteiger partial charge on any atom is -0.454 e. The summed E-state index contributed by atoms with van der Waals surface area (Å²) < 4.78 is 13.8. The van der Waals surface area contributed by atoms with E-state index in [0.717, 1.165) is 42.9 Å². The van der Waals surface area contributed by atoms with Crippen LogP contribution in [0.4, 0.5) is 10.5 Å². The zero-order chi connectivity index (χ0) is 24.7. The highest BCUT2D eigenvalue weighted by Gasteiger charge is 2.36. The van der Waals surface area contributed by atoms with Crippen LogP contribution in [0, 0.1) is 17.4 Å². The van der Waals surface area contributed by atoms with Gasteiger partial charge in [-0.25, -0.2) is 0 Å². The molecule has 1 aromatic heterocycles. The smallest absolute Gasteiger partial charge is 0.294 e. The quantitative estimate of drug-likeness (QED) is 0.324. The van der Waals surface area contributed by atoms with Gasteiger partial charge in [-0.05, 0) is 102 Å². The van der Waals surface area contributed by atoms with E-state index < -0.39 is 17.1 Å². The van der Waals surface area contributed by atoms with Crippen LogP contribution in [0.25, 0.3) is 11.8 Å². The maximum atomic E-state index is 13.0. The van der Waals surface area contributed by atoms with Gasteiger partial charge in [-0.3, -0.25) is 19.3 Å². The van der Waals surface area contributed by atoms with Gasteiger partial charge in [0.05, 0.1) is 4.91 Å². The van der Waals surface area contributed by atoms with Gasteiger partial charge in [-0.2, -0.15) is 0 Å². The molecular weight excluding hydrogens is 581 g/mol. The topological polar surface area (TPSA) is 89.9 Å². The van der Waals surface area contributed by atoms with E-state index in [1.54, 1.807) is 24.3 Å². The van der Waals surface area contributed by atoms with Gasteiger partial charge >= 0.3 is 0 Å². The molecule has 3 amide bonds. The fourth-order valence-electron chi connectivity index (χ4n) is 4.02. The summed E-state index contributed by atoms with van der Waals surface area (Å²) in [6.07, 6.45) is 1.71. The van der Waals surface area contributed by atoms with Crippen molar-refractivity contribution >= 4 is 63.2 Å². The Hall–Kier alpha value is -3.25. The van der Waals surface area contributed by atoms with Crippen molar-refractivity contribution in [3.63, 3.8) is 0 Å². The molecule has 0 aliphatic carbocycles. The number of thioether (sulfide) groups is 1. The number of carbonyl (C=O) groups excluding carboxylic acids is 3. The van der Waals surface area contributed by atoms with Crippen LogP contribution in [0.5, 0.6) is 11.5 Å². The third-order valence-electron chi connectivity index (χ3n) is 5.67. The lowest BCUT2D eigenvalue weighted by atomic mass is 10.2. The predicted octanol–water partition coefficient (Wildman–Crippen LogP) is 5.10. The number of halogens is 1. The lowest BCUT2D eigenvalue weighted by Gasteiger charge is -2.12. The van der Waals surface area contributed by atoms with E-state index in [0.29, 0.717) is 17.2 Å². The molecule has 3 heterocycles. The highest BCUT2D eigenvalue weighted by atomic mass is 127. The number of amides is 3. The number of fused-ring (bicyclic) bond motifs is 1. The van der Waals surface area contributed by atoms with Gasteiger partial charge in [0.15, 0.2) is 11.5 Å². The molecule has 2 aromatic carbocycles. The number of rotatable bonds is 5. The minimum absolute atomic E-state index is 0.128. The van der Waals surface area contributed by atoms with Crippen molar-refractivity contribution in [3.8, 4) is 17.2 Å². The molecule has 2 aliphatic heterocycles. The van der Waals surface area contributed by atoms with Crippen molar-refractivity contribution in [1.29, 1.82) is 0 Å². The molecule has 8 nitrogen and oxygen atoms in total. The van der Waals surface area contributed by atoms with Crippen molar-refractivity contribution in [1.82, 2.24) is 9.47 Å². The normalized spacial score (nSPS) is 15.9. The summed E-state index contributed by atoms with van der Waals surface area (Å²) in [7, 11) is 0. The SMILES string of the molecule is Cc1cc(/C=C2/SC(=O)N(CC(=O)Nc3ccc4c(c3)OCO4)C2=O)c(C)n1-c1ccc(I)cc1. The van der Waals surface area contributed by atoms with E-state index >= 15 is 0 Å². The molecule has 1 N–H and O–H groups in total. The number of nitrogens with zero attached hydrogens (tertiary/aromatic N) is 2. The molecule has 0 saturated carbocycles. The molecule has 178 valence electrons. The summed E-state index contributed by atoms with van der Waals surface area (Å²) in [6, 6.07) is 15.1. The lowest BCUT2D eigenvalue weighted by molar-refractivity contribution is -0.127. The van der Waals surface area contributed by atoms with Gasteiger partial charge in [0.1, 0.15) is 6.54 Å². The average molecular weight is 601 g/mol. The fraction of sp³-hybridized carbons (Fsp3) is 0.160. The second kappa shape index (κ2) is 9.42. The molecule has 3 aromatic rings. The third kappa shape index (κ3) is 4.67. The van der Waals surface area contributed by atoms with Gasteiger partial charge in [-0.1, -0.05) is 0 Å². The van der Waals surface area contributed by atoms with Crippen molar-refractivity contribution in [2.24, 2.45) is 0 Å². The first kappa shape index (κ1) is 23.5. The van der Waals surface area contributed by atoms with E-state index in [9.17, 15) is 14.4 Å². The van der Waals surface area contributed by atoms with Gasteiger partial charge in [-0.15, -0.1) is 0 Å². The largest absolute Gasteiger partial charge is 0.454 e. The van der Waals surface area contributed by atoms with Crippen LogP contribution in [0.15, 0.2) is 53.4 Å². The van der Waals surface area contributed by atoms with Crippen LogP contribution < -0.4 is 14.8 Å². The molecule has 0 bridgehead atoms. The van der Waals surface area contributed by atoms with Crippen LogP contribution in [0.2, 0.25) is 0 Å². The standard InChI is InChI=1S/C25H20IN3O5S/c1-14-9-16(15(2)29(14)19-6-3-17(26)4-7-19)10-22-24(31)28(25(32)35-22)12-23(30)27-18-5-8-20-21(11-18)34-13-33-20/h3-11H,12-13H2,1-2H3,(H,27,30)/b22-10+. The number of carbonyl (C=O) groups is 3. The first-order valence-corrected chi connectivity index (χ1v) is 12.6. The molecule has 35 heavy (non-hydrogen) atoms. The van der Waals surface area contributed by atoms with E-state index in [1.165, 1.54) is 0 Å². The number of imide groups is 1. The molecule has 1 fully saturated rings. The Morgan fingerprint density at radius 3 is 2.60 bits per heavy atom. The molecule has 1 saturated heterocycles. The lowest BCUT2D eigenvalue weighted by Crippen LogP contribution is -2.36. The highest BCUT2D eigenvalue weighted by molar-refractivity contribution is 14.1. The number of anilines is 1. The summed E-state index contributed by atoms with van der Waals surface area (Å²) in [5, 5.41) is 2.21. The van der Waals surface area contributed by atoms with Crippen LogP contribution in [0.3, 0.4) is 0 Å². The molecular formula is C25H20IN3O5S. The molecule has 5 rings (SSSR count). The molecule has 0 atom stereocenters. The Morgan fingerprint density at radius 2 is 1.83 bits per heavy atom. The first-order chi connectivity index (χ1) is 16.8. The van der Waals surface area contributed by atoms with E-state index in [1.807, 2.05) is 44.2 Å². The van der Waals surface area contributed by atoms with E-state index in [4.69, 9.17) is 9.47 Å². The summed E-state index contributed by atoms with van der Waals surface area (Å²) in [5.74, 6) is 0.157. The minimum atomic E-state index is -0.486. The van der Waals surface area contributed by atoms with E-state index in [-0.39, 0.29) is 18.2 Å². The maximum Gasteiger partial charge on any atom is 0.294 e. The second-order valence-electron chi connectivity index (χ2n) is 8.02. The summed E-state index contributed by atoms with van der Waals surface area (Å²) in [5.41, 5.74) is 4.32. The monoisotopic (exact) mass is 601 g/mol. The number of hydrogen-bond acceptors (Lipinski definition) is 6. The molecule has 10 heteroatoms. The average Bonchev–Trinajstić information content (AvgIpc) is 3.47. The zero-order valence-corrected chi connectivity index (χ0v) is 21.8. The third-order valence-corrected chi connectivity index (χ3v) is 7.30. The molecule has 0 spiro atoms. The summed E-state index contributed by atoms with van der Waals surface area (Å²) in [6.45, 7) is 3.72. The fourth-order valence-corrected chi connectivity index (χ4v) is 5.21. The van der Waals surface area contributed by atoms with Crippen molar-refractivity contribution in [3.05, 3.63) is 74.0 Å². The van der Waals surface area contributed by atoms with Crippen LogP contribution in [0.1, 0.15) is 17.0 Å². The Morgan fingerprint density at radius 1 is 1.09 bits per heavy atom. The van der Waals surface area contributed by atoms with Gasteiger partial charge < -0.3 is 19.4 Å². The van der Waals surface area contributed by atoms with Gasteiger partial charge in [0.2, 0.25) is 12.7 Å². The number of benzene rings is 2. The Labute approximate surface area is 219 Å². The number of nitrogens with one attached hydrogen (secondary N) is 1. The molecule has 0 unspecified atom stereocenters. The molecule has 2 aliphatic rings. The van der Waals surface area contributed by atoms with Gasteiger partial charge in [0, 0.05) is 32.4 Å². The predicted molar refractivity (Wildman–Crippen MR) is 142 cm³/mol. The number of aromatic nitrogens is 1. The van der Waals surface area contributed by atoms with Crippen LogP contribution in [-0.4, -0.2) is 39.9 Å². The number of aryl methyl sites for hydroxylation is 1. The van der Waals surface area contributed by atoms with Crippen LogP contribution in [-0.2, 0) is 9.59 Å². The van der Waals surface area contributed by atoms with Crippen molar-refractivity contribution in [2.45, 2.75) is 13.8 Å². The van der Waals surface area contributed by atoms with Crippen molar-refractivity contribution < 1.29 is 23.9 Å². The Balaban J connectivity index is 1.31. The van der Waals surface area contributed by atoms with E-state index in [2.05, 4.69) is 32.5 Å². The Bertz CT molecular complexity index is 1400. The maximum absolute atomic E-state index is 13.0. The highest BCUT2D eigenvalue weighted by Crippen LogP contribution is 2.35. The number of ether oxygens (including phenoxy) is 2. The zero-order valence-electron chi connectivity index (χ0n) is 18.8. The van der Waals surface area contributed by atoms with Crippen molar-refractivity contribution in [2.75, 3.05) is 18.7 Å². The number of hydrogen-bond donors (Lipinski definition) is 1. The summed E-state index contributed by atoms with van der Waals surface area (Å²) >= 11 is 3.10. The van der Waals surface area contributed by atoms with Crippen LogP contribution >= 0.6 is 34.4 Å². The first-order valence-electron chi connectivity index (χ1n) is 10.7. The molecule has 0 radical (unpaired) electrons.